The van der Waals surface area contributed by atoms with E-state index in [1.165, 1.54) is 12.0 Å². The molecule has 13 nitrogen and oxygen atoms in total. The average Bonchev–Trinajstić information content (AvgIpc) is 3.79. The van der Waals surface area contributed by atoms with Gasteiger partial charge in [-0.3, -0.25) is 19.3 Å². The second-order valence-corrected chi connectivity index (χ2v) is 15.2. The van der Waals surface area contributed by atoms with Crippen LogP contribution in [0.2, 0.25) is 0 Å². The van der Waals surface area contributed by atoms with Gasteiger partial charge in [-0.05, 0) is 104 Å². The fourth-order valence-corrected chi connectivity index (χ4v) is 7.45. The minimum absolute atomic E-state index is 0.0155. The van der Waals surface area contributed by atoms with Crippen LogP contribution in [-0.4, -0.2) is 90.2 Å². The number of phenols is 2. The van der Waals surface area contributed by atoms with E-state index in [1.807, 2.05) is 81.2 Å². The molecule has 2 heterocycles. The summed E-state index contributed by atoms with van der Waals surface area (Å²) in [7, 11) is 3.14. The molecule has 0 spiro atoms. The molecule has 0 aromatic heterocycles. The smallest absolute Gasteiger partial charge is 0.407 e. The van der Waals surface area contributed by atoms with Gasteiger partial charge in [-0.15, -0.1) is 0 Å². The molecule has 3 aromatic carbocycles. The number of rotatable bonds is 12. The van der Waals surface area contributed by atoms with Gasteiger partial charge in [0.1, 0.15) is 29.8 Å². The first-order chi connectivity index (χ1) is 25.7. The Morgan fingerprint density at radius 2 is 1.43 bits per heavy atom. The first kappa shape index (κ1) is 39.9. The van der Waals surface area contributed by atoms with Gasteiger partial charge in [0, 0.05) is 17.9 Å². The highest BCUT2D eigenvalue weighted by Gasteiger charge is 2.39. The van der Waals surface area contributed by atoms with Crippen molar-refractivity contribution in [3.05, 3.63) is 77.4 Å². The summed E-state index contributed by atoms with van der Waals surface area (Å²) in [5, 5.41) is 31.3. The van der Waals surface area contributed by atoms with Gasteiger partial charge in [0.05, 0.1) is 25.7 Å². The molecule has 290 valence electrons. The van der Waals surface area contributed by atoms with Gasteiger partial charge in [0.25, 0.3) is 0 Å². The van der Waals surface area contributed by atoms with Crippen LogP contribution in [0.25, 0.3) is 0 Å². The Morgan fingerprint density at radius 1 is 0.870 bits per heavy atom. The van der Waals surface area contributed by atoms with Crippen LogP contribution in [0.1, 0.15) is 88.6 Å². The van der Waals surface area contributed by atoms with Gasteiger partial charge in [0.2, 0.25) is 17.7 Å². The van der Waals surface area contributed by atoms with Crippen LogP contribution >= 0.6 is 0 Å². The number of likely N-dealkylation sites (tertiary alicyclic amines) is 1. The Bertz CT molecular complexity index is 1780. The standard InChI is InChI=1S/C41H54N6O7/c1-7-20-45(5)25-36(50)43-29-14-10-26(11-15-29)31-18-19-32(47(31)38-34(48)22-28(23-35(38)49)41(2,3)4)27-12-16-30(17-13-27)44-39(52)33-9-8-21-46(33)37(51)24-42-40(53)54-6/h10-17,22-23,31-33,48-49H,7-9,18-21,24-25H2,1-6H3,(H,42,53)(H,43,50)(H,44,52)/t31-,32?,33?/m0/s1. The average molecular weight is 743 g/mol. The number of nitrogens with zero attached hydrogens (tertiary/aromatic N) is 3. The van der Waals surface area contributed by atoms with E-state index in [-0.39, 0.29) is 53.3 Å². The maximum atomic E-state index is 13.3. The van der Waals surface area contributed by atoms with E-state index in [0.717, 1.165) is 42.5 Å². The van der Waals surface area contributed by atoms with Crippen LogP contribution in [0.5, 0.6) is 11.5 Å². The summed E-state index contributed by atoms with van der Waals surface area (Å²) in [5.74, 6) is -0.787. The predicted octanol–water partition coefficient (Wildman–Crippen LogP) is 6.04. The number of hydrogen-bond acceptors (Lipinski definition) is 9. The lowest BCUT2D eigenvalue weighted by Crippen LogP contribution is -2.47. The van der Waals surface area contributed by atoms with Crippen molar-refractivity contribution in [3.8, 4) is 11.5 Å². The van der Waals surface area contributed by atoms with Crippen LogP contribution in [0.3, 0.4) is 0 Å². The van der Waals surface area contributed by atoms with Crippen molar-refractivity contribution in [2.45, 2.75) is 83.3 Å². The van der Waals surface area contributed by atoms with E-state index in [4.69, 9.17) is 0 Å². The highest BCUT2D eigenvalue weighted by atomic mass is 16.5. The summed E-state index contributed by atoms with van der Waals surface area (Å²) >= 11 is 0. The van der Waals surface area contributed by atoms with Crippen molar-refractivity contribution in [2.24, 2.45) is 0 Å². The number of methoxy groups -OCH3 is 1. The van der Waals surface area contributed by atoms with Gasteiger partial charge in [0.15, 0.2) is 0 Å². The molecule has 2 aliphatic heterocycles. The number of amides is 4. The quantitative estimate of drug-likeness (QED) is 0.149. The molecule has 3 aromatic rings. The minimum atomic E-state index is -0.715. The topological polar surface area (TPSA) is 164 Å². The monoisotopic (exact) mass is 742 g/mol. The number of likely N-dealkylation sites (N-methyl/N-ethyl adjacent to an activating group) is 1. The van der Waals surface area contributed by atoms with E-state index in [2.05, 4.69) is 32.5 Å². The molecule has 0 radical (unpaired) electrons. The third kappa shape index (κ3) is 9.43. The summed E-state index contributed by atoms with van der Waals surface area (Å²) in [6.07, 6.45) is 2.88. The third-order valence-electron chi connectivity index (χ3n) is 10.2. The van der Waals surface area contributed by atoms with Crippen LogP contribution in [0, 0.1) is 0 Å². The molecule has 4 amide bonds. The zero-order chi connectivity index (χ0) is 39.2. The van der Waals surface area contributed by atoms with Crippen molar-refractivity contribution in [3.63, 3.8) is 0 Å². The number of ether oxygens (including phenoxy) is 1. The summed E-state index contributed by atoms with van der Waals surface area (Å²) in [5.41, 5.74) is 4.01. The molecule has 2 unspecified atom stereocenters. The van der Waals surface area contributed by atoms with Gasteiger partial charge in [-0.2, -0.15) is 0 Å². The number of alkyl carbamates (subject to hydrolysis) is 1. The molecule has 0 saturated carbocycles. The van der Waals surface area contributed by atoms with Crippen molar-refractivity contribution >= 4 is 40.9 Å². The molecule has 2 saturated heterocycles. The Labute approximate surface area is 317 Å². The van der Waals surface area contributed by atoms with Crippen LogP contribution < -0.4 is 20.9 Å². The van der Waals surface area contributed by atoms with E-state index in [0.29, 0.717) is 43.0 Å². The summed E-state index contributed by atoms with van der Waals surface area (Å²) < 4.78 is 4.54. The fraction of sp³-hybridized carbons (Fsp3) is 0.463. The maximum absolute atomic E-state index is 13.3. The Kier molecular flexibility index (Phi) is 12.7. The summed E-state index contributed by atoms with van der Waals surface area (Å²) in [4.78, 5) is 55.7. The molecule has 0 aliphatic carbocycles. The highest BCUT2D eigenvalue weighted by Crippen LogP contribution is 2.53. The van der Waals surface area contributed by atoms with E-state index in [9.17, 15) is 29.4 Å². The summed E-state index contributed by atoms with van der Waals surface area (Å²) in [6.45, 7) is 9.44. The van der Waals surface area contributed by atoms with Gasteiger partial charge in [-0.1, -0.05) is 52.0 Å². The lowest BCUT2D eigenvalue weighted by molar-refractivity contribution is -0.135. The van der Waals surface area contributed by atoms with E-state index < -0.39 is 12.1 Å². The molecule has 0 bridgehead atoms. The van der Waals surface area contributed by atoms with E-state index >= 15 is 0 Å². The number of benzene rings is 3. The molecule has 2 aliphatic rings. The number of nitrogens with one attached hydrogen (secondary N) is 3. The molecule has 5 rings (SSSR count). The Hall–Kier alpha value is -5.30. The molecular weight excluding hydrogens is 688 g/mol. The highest BCUT2D eigenvalue weighted by molar-refractivity contribution is 5.98. The first-order valence-corrected chi connectivity index (χ1v) is 18.6. The van der Waals surface area contributed by atoms with Crippen molar-refractivity contribution in [1.82, 2.24) is 15.1 Å². The second-order valence-electron chi connectivity index (χ2n) is 15.2. The third-order valence-corrected chi connectivity index (χ3v) is 10.2. The summed E-state index contributed by atoms with van der Waals surface area (Å²) in [6, 6.07) is 17.6. The predicted molar refractivity (Wildman–Crippen MR) is 209 cm³/mol. The molecule has 13 heteroatoms. The minimum Gasteiger partial charge on any atom is -0.506 e. The van der Waals surface area contributed by atoms with Crippen LogP contribution in [-0.2, 0) is 24.5 Å². The number of aromatic hydroxyl groups is 2. The SMILES string of the molecule is CCCN(C)CC(=O)Nc1ccc([C@@H]2CCC(c3ccc(NC(=O)C4CCCN4C(=O)CNC(=O)OC)cc3)N2c2c(O)cc(C(C)(C)C)cc2O)cc1. The van der Waals surface area contributed by atoms with Gasteiger partial charge < -0.3 is 40.7 Å². The number of hydrogen-bond donors (Lipinski definition) is 5. The zero-order valence-electron chi connectivity index (χ0n) is 32.1. The van der Waals surface area contributed by atoms with Crippen LogP contribution in [0.15, 0.2) is 60.7 Å². The van der Waals surface area contributed by atoms with Crippen molar-refractivity contribution in [2.75, 3.05) is 55.9 Å². The molecule has 5 N–H and O–H groups in total. The molecule has 2 fully saturated rings. The maximum Gasteiger partial charge on any atom is 0.407 e. The number of anilines is 3. The number of phenolic OH excluding ortho intramolecular Hbond substituents is 2. The lowest BCUT2D eigenvalue weighted by Gasteiger charge is -2.35. The molecule has 3 atom stereocenters. The largest absolute Gasteiger partial charge is 0.506 e. The fourth-order valence-electron chi connectivity index (χ4n) is 7.45. The first-order valence-electron chi connectivity index (χ1n) is 18.6. The van der Waals surface area contributed by atoms with Crippen LogP contribution in [0.4, 0.5) is 21.9 Å². The van der Waals surface area contributed by atoms with Gasteiger partial charge >= 0.3 is 6.09 Å². The van der Waals surface area contributed by atoms with Crippen molar-refractivity contribution < 1.29 is 34.1 Å². The Balaban J connectivity index is 1.37. The van der Waals surface area contributed by atoms with Gasteiger partial charge in [-0.25, -0.2) is 4.79 Å². The molecule has 54 heavy (non-hydrogen) atoms. The second kappa shape index (κ2) is 17.2. The Morgan fingerprint density at radius 3 is 1.94 bits per heavy atom. The normalized spacial score (nSPS) is 18.5. The van der Waals surface area contributed by atoms with E-state index in [1.54, 1.807) is 12.1 Å². The van der Waals surface area contributed by atoms with Crippen molar-refractivity contribution in [1.29, 1.82) is 0 Å². The lowest BCUT2D eigenvalue weighted by atomic mass is 9.86. The number of carbonyl (C=O) groups excluding carboxylic acids is 4. The number of carbonyl (C=O) groups is 4. The molecular formula is C41H54N6O7. The zero-order valence-corrected chi connectivity index (χ0v) is 32.1.